The molecule has 1 heterocycles. The Kier molecular flexibility index (Phi) is 36.6. The van der Waals surface area contributed by atoms with Crippen LogP contribution in [-0.4, -0.2) is 104 Å². The first kappa shape index (κ1) is 61.7. The number of allylic oxidation sites excluding steroid dienone is 1. The molecular weight excluding hydrogens is 753 g/mol. The molecule has 0 bridgehead atoms. The summed E-state index contributed by atoms with van der Waals surface area (Å²) in [6.45, 7) is 29.5. The van der Waals surface area contributed by atoms with E-state index in [1.807, 2.05) is 54.5 Å². The van der Waals surface area contributed by atoms with Crippen molar-refractivity contribution >= 4 is 18.4 Å². The molecule has 0 radical (unpaired) electrons. The van der Waals surface area contributed by atoms with E-state index in [1.165, 1.54) is 18.9 Å². The van der Waals surface area contributed by atoms with Crippen LogP contribution < -0.4 is 0 Å². The Labute approximate surface area is 360 Å². The van der Waals surface area contributed by atoms with Gasteiger partial charge in [0.25, 0.3) is 0 Å². The molecule has 11 heteroatoms. The fraction of sp³-hybridized carbons (Fsp3) is 0.896. The summed E-state index contributed by atoms with van der Waals surface area (Å²) in [7, 11) is 0. The number of aldehydes is 2. The molecule has 12 unspecified atom stereocenters. The maximum Gasteiger partial charge on any atom is 0.157 e. The second kappa shape index (κ2) is 35.0. The van der Waals surface area contributed by atoms with E-state index < -0.39 is 18.5 Å². The third-order valence-electron chi connectivity index (χ3n) is 11.8. The molecule has 1 saturated heterocycles. The van der Waals surface area contributed by atoms with Gasteiger partial charge in [-0.05, 0) is 140 Å². The van der Waals surface area contributed by atoms with Crippen LogP contribution in [0.5, 0.6) is 0 Å². The highest BCUT2D eigenvalue weighted by Crippen LogP contribution is 2.30. The molecule has 1 aliphatic heterocycles. The van der Waals surface area contributed by atoms with Crippen LogP contribution in [-0.2, 0) is 19.1 Å². The van der Waals surface area contributed by atoms with E-state index in [9.17, 15) is 34.8 Å². The number of ketones is 1. The van der Waals surface area contributed by atoms with Crippen molar-refractivity contribution in [3.8, 4) is 0 Å². The van der Waals surface area contributed by atoms with Crippen molar-refractivity contribution in [1.82, 2.24) is 0 Å². The molecule has 2 aliphatic rings. The zero-order valence-electron chi connectivity index (χ0n) is 40.1. The van der Waals surface area contributed by atoms with Crippen LogP contribution in [0, 0.1) is 59.2 Å². The van der Waals surface area contributed by atoms with Crippen molar-refractivity contribution in [1.29, 1.82) is 0 Å². The summed E-state index contributed by atoms with van der Waals surface area (Å²) in [6.07, 6.45) is 9.37. The number of aliphatic hydroxyl groups excluding tert-OH is 7. The lowest BCUT2D eigenvalue weighted by molar-refractivity contribution is -0.197. The van der Waals surface area contributed by atoms with Crippen molar-refractivity contribution in [2.75, 3.05) is 6.61 Å². The van der Waals surface area contributed by atoms with Gasteiger partial charge >= 0.3 is 0 Å². The minimum atomic E-state index is -0.931. The highest BCUT2D eigenvalue weighted by molar-refractivity contribution is 5.75. The first-order valence-corrected chi connectivity index (χ1v) is 22.7. The van der Waals surface area contributed by atoms with Crippen LogP contribution in [0.4, 0.5) is 0 Å². The van der Waals surface area contributed by atoms with Crippen molar-refractivity contribution in [2.45, 2.75) is 211 Å². The first-order valence-electron chi connectivity index (χ1n) is 22.7. The minimum Gasteiger partial charge on any atom is -0.394 e. The normalized spacial score (nSPS) is 24.0. The number of carbonyl (C=O) groups excluding carboxylic acids is 3. The molecule has 0 aromatic carbocycles. The standard InChI is InChI=1S/C10H22O3.C10H18O3.C10H18O.2C9H18O2/c2*1-7(2)9(10(13)6-11)5-4-8(3)12;1-7(2)9-5-4-8(3)6-10(9)11;1-6(2)8-5-4-7(3)11-9(8)10;1-7(2)9(6-10)5-4-8(3)11/h7-13H,4-6H2,1-3H3;6-7,9-10,13H,4-5H2,1-3H3;6-7,9-11H,4-5H2,1-3H3;6-10H,4-5H2,1-3H3;6-9,11H,4-5H2,1-3H3. The molecule has 11 nitrogen and oxygen atoms in total. The minimum absolute atomic E-state index is 0.0830. The van der Waals surface area contributed by atoms with Gasteiger partial charge < -0.3 is 54.9 Å². The molecule has 59 heavy (non-hydrogen) atoms. The molecule has 0 amide bonds. The van der Waals surface area contributed by atoms with E-state index in [2.05, 4.69) is 34.6 Å². The highest BCUT2D eigenvalue weighted by Gasteiger charge is 2.29. The molecule has 2 rings (SSSR count). The smallest absolute Gasteiger partial charge is 0.157 e. The number of hydrogen-bond donors (Lipinski definition) is 7. The van der Waals surface area contributed by atoms with Gasteiger partial charge in [-0.1, -0.05) is 80.9 Å². The largest absolute Gasteiger partial charge is 0.394 e. The van der Waals surface area contributed by atoms with Gasteiger partial charge in [0, 0.05) is 18.3 Å². The summed E-state index contributed by atoms with van der Waals surface area (Å²) < 4.78 is 5.32. The number of rotatable bonds is 19. The van der Waals surface area contributed by atoms with Crippen LogP contribution in [0.3, 0.4) is 0 Å². The summed E-state index contributed by atoms with van der Waals surface area (Å²) in [5.41, 5.74) is 1.34. The molecule has 7 N–H and O–H groups in total. The molecule has 1 fully saturated rings. The zero-order valence-corrected chi connectivity index (χ0v) is 40.1. The SMILES string of the molecule is CC(=O)CCC(C(C)C)C(O)C=O.CC(O)CCC(C(C)C)C(O)CO.CC(O)CCC(C=O)C(C)C.CC1=CC(O)C(C(C)C)CC1.CC1CCC(C(C)C)C(O)O1. The van der Waals surface area contributed by atoms with Gasteiger partial charge in [0.05, 0.1) is 37.1 Å². The first-order chi connectivity index (χ1) is 27.3. The Morgan fingerprint density at radius 2 is 1.22 bits per heavy atom. The number of carbonyl (C=O) groups is 3. The van der Waals surface area contributed by atoms with E-state index in [-0.39, 0.29) is 60.5 Å². The van der Waals surface area contributed by atoms with E-state index in [0.717, 1.165) is 44.8 Å². The average molecular weight is 847 g/mol. The fourth-order valence-electron chi connectivity index (χ4n) is 7.33. The molecule has 352 valence electrons. The third kappa shape index (κ3) is 31.0. The molecule has 0 aromatic heterocycles. The molecule has 0 spiro atoms. The maximum absolute atomic E-state index is 10.7. The lowest BCUT2D eigenvalue weighted by atomic mass is 9.81. The molecular formula is C48H94O11. The summed E-state index contributed by atoms with van der Waals surface area (Å²) in [6, 6.07) is 0. The lowest BCUT2D eigenvalue weighted by Gasteiger charge is -2.34. The topological polar surface area (TPSA) is 202 Å². The van der Waals surface area contributed by atoms with E-state index in [4.69, 9.17) is 20.1 Å². The van der Waals surface area contributed by atoms with Crippen LogP contribution in [0.25, 0.3) is 0 Å². The van der Waals surface area contributed by atoms with Crippen LogP contribution in [0.15, 0.2) is 11.6 Å². The predicted molar refractivity (Wildman–Crippen MR) is 239 cm³/mol. The van der Waals surface area contributed by atoms with Gasteiger partial charge in [0.15, 0.2) is 6.29 Å². The van der Waals surface area contributed by atoms with E-state index in [1.54, 1.807) is 13.8 Å². The lowest BCUT2D eigenvalue weighted by Crippen LogP contribution is -2.36. The van der Waals surface area contributed by atoms with Crippen molar-refractivity contribution in [3.63, 3.8) is 0 Å². The molecule has 0 aromatic rings. The van der Waals surface area contributed by atoms with Gasteiger partial charge in [-0.2, -0.15) is 0 Å². The molecule has 0 saturated carbocycles. The summed E-state index contributed by atoms with van der Waals surface area (Å²) in [4.78, 5) is 31.5. The maximum atomic E-state index is 10.7. The van der Waals surface area contributed by atoms with Crippen molar-refractivity contribution < 1.29 is 54.9 Å². The summed E-state index contributed by atoms with van der Waals surface area (Å²) >= 11 is 0. The molecule has 12 atom stereocenters. The predicted octanol–water partition coefficient (Wildman–Crippen LogP) is 7.71. The number of hydrogen-bond acceptors (Lipinski definition) is 11. The van der Waals surface area contributed by atoms with Crippen molar-refractivity contribution in [3.05, 3.63) is 11.6 Å². The second-order valence-corrected chi connectivity index (χ2v) is 19.1. The van der Waals surface area contributed by atoms with Gasteiger partial charge in [0.1, 0.15) is 24.5 Å². The van der Waals surface area contributed by atoms with Gasteiger partial charge in [-0.3, -0.25) is 0 Å². The van der Waals surface area contributed by atoms with Gasteiger partial charge in [-0.25, -0.2) is 0 Å². The Bertz CT molecular complexity index is 1070. The zero-order chi connectivity index (χ0) is 46.6. The summed E-state index contributed by atoms with van der Waals surface area (Å²) in [5.74, 6) is 3.11. The summed E-state index contributed by atoms with van der Waals surface area (Å²) in [5, 5.41) is 64.8. The third-order valence-corrected chi connectivity index (χ3v) is 11.8. The van der Waals surface area contributed by atoms with Crippen LogP contribution in [0.2, 0.25) is 0 Å². The molecule has 1 aliphatic carbocycles. The highest BCUT2D eigenvalue weighted by atomic mass is 16.6. The Morgan fingerprint density at radius 1 is 0.712 bits per heavy atom. The van der Waals surface area contributed by atoms with Crippen LogP contribution >= 0.6 is 0 Å². The van der Waals surface area contributed by atoms with Gasteiger partial charge in [0.2, 0.25) is 0 Å². The average Bonchev–Trinajstić information content (AvgIpc) is 3.11. The second-order valence-electron chi connectivity index (χ2n) is 19.1. The Balaban J connectivity index is -0.000000666. The Morgan fingerprint density at radius 3 is 1.58 bits per heavy atom. The van der Waals surface area contributed by atoms with Crippen molar-refractivity contribution in [2.24, 2.45) is 59.2 Å². The fourth-order valence-corrected chi connectivity index (χ4v) is 7.33. The number of Topliss-reactive ketones (excluding diaryl/α,β-unsaturated/α-hetero) is 1. The van der Waals surface area contributed by atoms with Crippen LogP contribution in [0.1, 0.15) is 168 Å². The Hall–Kier alpha value is -1.57. The van der Waals surface area contributed by atoms with E-state index >= 15 is 0 Å². The van der Waals surface area contributed by atoms with E-state index in [0.29, 0.717) is 61.1 Å². The number of aliphatic hydroxyl groups is 7. The number of ether oxygens (including phenoxy) is 1. The van der Waals surface area contributed by atoms with Gasteiger partial charge in [-0.15, -0.1) is 0 Å². The quantitative estimate of drug-likeness (QED) is 0.0496. The monoisotopic (exact) mass is 847 g/mol.